The average molecular weight is 344 g/mol. The molecular formula is C16H14ClN5O2. The summed E-state index contributed by atoms with van der Waals surface area (Å²) in [6.45, 7) is 5.90. The van der Waals surface area contributed by atoms with Crippen molar-refractivity contribution in [2.45, 2.75) is 13.5 Å². The quantitative estimate of drug-likeness (QED) is 0.718. The number of carbonyl (C=O) groups is 1. The van der Waals surface area contributed by atoms with E-state index in [2.05, 4.69) is 27.3 Å². The van der Waals surface area contributed by atoms with Gasteiger partial charge in [0.15, 0.2) is 5.76 Å². The zero-order valence-corrected chi connectivity index (χ0v) is 13.6. The van der Waals surface area contributed by atoms with Crippen LogP contribution in [0.1, 0.15) is 16.1 Å². The van der Waals surface area contributed by atoms with Gasteiger partial charge in [-0.3, -0.25) is 10.1 Å². The van der Waals surface area contributed by atoms with Gasteiger partial charge in [0.25, 0.3) is 11.9 Å². The second kappa shape index (κ2) is 6.67. The van der Waals surface area contributed by atoms with Gasteiger partial charge in [-0.1, -0.05) is 34.9 Å². The summed E-state index contributed by atoms with van der Waals surface area (Å²) < 4.78 is 5.58. The summed E-state index contributed by atoms with van der Waals surface area (Å²) in [7, 11) is 0. The van der Waals surface area contributed by atoms with Crippen molar-refractivity contribution in [3.63, 3.8) is 0 Å². The molecule has 0 fully saturated rings. The van der Waals surface area contributed by atoms with Gasteiger partial charge in [0.1, 0.15) is 5.76 Å². The van der Waals surface area contributed by atoms with Crippen LogP contribution in [0.25, 0.3) is 11.3 Å². The van der Waals surface area contributed by atoms with Gasteiger partial charge in [-0.05, 0) is 35.9 Å². The fourth-order valence-corrected chi connectivity index (χ4v) is 2.19. The largest absolute Gasteiger partial charge is 0.451 e. The highest BCUT2D eigenvalue weighted by Crippen LogP contribution is 2.27. The van der Waals surface area contributed by atoms with E-state index in [0.717, 1.165) is 11.1 Å². The first kappa shape index (κ1) is 15.9. The van der Waals surface area contributed by atoms with Crippen molar-refractivity contribution >= 4 is 23.5 Å². The minimum absolute atomic E-state index is 0.0955. The molecular weight excluding hydrogens is 330 g/mol. The Hall–Kier alpha value is -2.93. The van der Waals surface area contributed by atoms with E-state index in [-0.39, 0.29) is 11.7 Å². The number of allylic oxidation sites excluding steroid dienone is 1. The number of nitrogens with one attached hydrogen (secondary N) is 1. The minimum atomic E-state index is -0.461. The summed E-state index contributed by atoms with van der Waals surface area (Å²) >= 11 is 6.11. The number of tetrazole rings is 1. The molecule has 0 unspecified atom stereocenters. The topological polar surface area (TPSA) is 85.8 Å². The van der Waals surface area contributed by atoms with E-state index in [1.165, 1.54) is 4.80 Å². The molecule has 3 aromatic rings. The Morgan fingerprint density at radius 2 is 2.25 bits per heavy atom. The lowest BCUT2D eigenvalue weighted by Gasteiger charge is -2.01. The van der Waals surface area contributed by atoms with Crippen LogP contribution in [0.2, 0.25) is 5.02 Å². The molecule has 122 valence electrons. The molecule has 2 aromatic heterocycles. The standard InChI is InChI=1S/C16H14ClN5O2/c1-3-8-22-20-16(19-21-22)18-15(23)14-7-6-13(24-14)11-5-4-10(2)12(17)9-11/h3-7,9H,1,8H2,2H3,(H,18,20,23). The van der Waals surface area contributed by atoms with Gasteiger partial charge >= 0.3 is 0 Å². The third-order valence-electron chi connectivity index (χ3n) is 3.26. The Bertz CT molecular complexity index is 900. The number of aryl methyl sites for hydroxylation is 1. The van der Waals surface area contributed by atoms with Crippen molar-refractivity contribution < 1.29 is 9.21 Å². The number of hydrogen-bond acceptors (Lipinski definition) is 5. The van der Waals surface area contributed by atoms with Crippen molar-refractivity contribution in [1.29, 1.82) is 0 Å². The van der Waals surface area contributed by atoms with E-state index in [1.54, 1.807) is 24.3 Å². The molecule has 0 radical (unpaired) electrons. The smallest absolute Gasteiger partial charge is 0.293 e. The predicted molar refractivity (Wildman–Crippen MR) is 89.9 cm³/mol. The zero-order chi connectivity index (χ0) is 17.1. The minimum Gasteiger partial charge on any atom is -0.451 e. The lowest BCUT2D eigenvalue weighted by molar-refractivity contribution is 0.0996. The summed E-state index contributed by atoms with van der Waals surface area (Å²) in [6.07, 6.45) is 1.62. The fraction of sp³-hybridized carbons (Fsp3) is 0.125. The maximum Gasteiger partial charge on any atom is 0.293 e. The number of furan rings is 1. The Morgan fingerprint density at radius 1 is 1.42 bits per heavy atom. The molecule has 24 heavy (non-hydrogen) atoms. The van der Waals surface area contributed by atoms with Crippen LogP contribution in [0.4, 0.5) is 5.95 Å². The van der Waals surface area contributed by atoms with Crippen LogP contribution in [-0.2, 0) is 6.54 Å². The summed E-state index contributed by atoms with van der Waals surface area (Å²) in [5.41, 5.74) is 1.76. The van der Waals surface area contributed by atoms with Gasteiger partial charge in [-0.15, -0.1) is 11.7 Å². The summed E-state index contributed by atoms with van der Waals surface area (Å²) in [5, 5.41) is 14.6. The lowest BCUT2D eigenvalue weighted by atomic mass is 10.1. The molecule has 1 aromatic carbocycles. The van der Waals surface area contributed by atoms with Crippen molar-refractivity contribution in [2.24, 2.45) is 0 Å². The van der Waals surface area contributed by atoms with Crippen molar-refractivity contribution in [2.75, 3.05) is 5.32 Å². The predicted octanol–water partition coefficient (Wildman–Crippen LogP) is 3.33. The highest BCUT2D eigenvalue weighted by molar-refractivity contribution is 6.31. The number of hydrogen-bond donors (Lipinski definition) is 1. The van der Waals surface area contributed by atoms with Crippen LogP contribution in [0.15, 0.2) is 47.4 Å². The molecule has 0 aliphatic carbocycles. The Kier molecular flexibility index (Phi) is 4.43. The SMILES string of the molecule is C=CCn1nnc(NC(=O)c2ccc(-c3ccc(C)c(Cl)c3)o2)n1. The van der Waals surface area contributed by atoms with Crippen molar-refractivity contribution in [3.8, 4) is 11.3 Å². The monoisotopic (exact) mass is 343 g/mol. The Labute approximate surface area is 142 Å². The molecule has 0 spiro atoms. The van der Waals surface area contributed by atoms with Crippen LogP contribution in [0.3, 0.4) is 0 Å². The lowest BCUT2D eigenvalue weighted by Crippen LogP contribution is -2.12. The van der Waals surface area contributed by atoms with Gasteiger partial charge in [0.2, 0.25) is 0 Å². The Balaban J connectivity index is 1.75. The highest BCUT2D eigenvalue weighted by atomic mass is 35.5. The molecule has 0 saturated heterocycles. The van der Waals surface area contributed by atoms with Crippen molar-refractivity contribution in [3.05, 3.63) is 59.3 Å². The van der Waals surface area contributed by atoms with E-state index in [9.17, 15) is 4.79 Å². The number of aromatic nitrogens is 4. The number of nitrogens with zero attached hydrogens (tertiary/aromatic N) is 4. The summed E-state index contributed by atoms with van der Waals surface area (Å²) in [6, 6.07) is 8.84. The third kappa shape index (κ3) is 3.36. The molecule has 2 heterocycles. The number of amides is 1. The number of halogens is 1. The van der Waals surface area contributed by atoms with Crippen LogP contribution in [0, 0.1) is 6.92 Å². The maximum absolute atomic E-state index is 12.2. The van der Waals surface area contributed by atoms with Crippen LogP contribution >= 0.6 is 11.6 Å². The number of anilines is 1. The van der Waals surface area contributed by atoms with E-state index < -0.39 is 5.91 Å². The van der Waals surface area contributed by atoms with Crippen LogP contribution < -0.4 is 5.32 Å². The summed E-state index contributed by atoms with van der Waals surface area (Å²) in [4.78, 5) is 13.5. The molecule has 8 heteroatoms. The molecule has 0 atom stereocenters. The first-order chi connectivity index (χ1) is 11.6. The summed E-state index contributed by atoms with van der Waals surface area (Å²) in [5.74, 6) is 0.322. The highest BCUT2D eigenvalue weighted by Gasteiger charge is 2.15. The first-order valence-corrected chi connectivity index (χ1v) is 7.51. The normalized spacial score (nSPS) is 10.6. The molecule has 7 nitrogen and oxygen atoms in total. The van der Waals surface area contributed by atoms with Crippen molar-refractivity contribution in [1.82, 2.24) is 20.2 Å². The number of benzene rings is 1. The third-order valence-corrected chi connectivity index (χ3v) is 3.66. The van der Waals surface area contributed by atoms with E-state index in [1.807, 2.05) is 19.1 Å². The second-order valence-corrected chi connectivity index (χ2v) is 5.45. The number of carbonyl (C=O) groups excluding carboxylic acids is 1. The molecule has 1 amide bonds. The average Bonchev–Trinajstić information content (AvgIpc) is 3.20. The van der Waals surface area contributed by atoms with Crippen LogP contribution in [0.5, 0.6) is 0 Å². The zero-order valence-electron chi connectivity index (χ0n) is 12.9. The van der Waals surface area contributed by atoms with Gasteiger partial charge in [0, 0.05) is 10.6 Å². The van der Waals surface area contributed by atoms with Gasteiger partial charge in [-0.25, -0.2) is 0 Å². The molecule has 0 bridgehead atoms. The molecule has 0 aliphatic heterocycles. The van der Waals surface area contributed by atoms with Gasteiger partial charge < -0.3 is 4.42 Å². The van der Waals surface area contributed by atoms with Gasteiger partial charge in [-0.2, -0.15) is 4.80 Å². The molecule has 0 saturated carbocycles. The molecule has 0 aliphatic rings. The first-order valence-electron chi connectivity index (χ1n) is 7.13. The molecule has 1 N–H and O–H groups in total. The number of rotatable bonds is 5. The van der Waals surface area contributed by atoms with E-state index >= 15 is 0 Å². The fourth-order valence-electron chi connectivity index (χ4n) is 2.01. The second-order valence-electron chi connectivity index (χ2n) is 5.04. The Morgan fingerprint density at radius 3 is 3.00 bits per heavy atom. The van der Waals surface area contributed by atoms with Gasteiger partial charge in [0.05, 0.1) is 6.54 Å². The van der Waals surface area contributed by atoms with E-state index in [4.69, 9.17) is 16.0 Å². The molecule has 3 rings (SSSR count). The van der Waals surface area contributed by atoms with Crippen LogP contribution in [-0.4, -0.2) is 26.1 Å². The maximum atomic E-state index is 12.2. The van der Waals surface area contributed by atoms with E-state index in [0.29, 0.717) is 17.3 Å².